The van der Waals surface area contributed by atoms with Gasteiger partial charge >= 0.3 is 0 Å². The third-order valence-corrected chi connectivity index (χ3v) is 2.59. The van der Waals surface area contributed by atoms with Crippen LogP contribution in [-0.4, -0.2) is 24.5 Å². The van der Waals surface area contributed by atoms with E-state index in [1.165, 1.54) is 0 Å². The average Bonchev–Trinajstić information content (AvgIpc) is 2.10. The van der Waals surface area contributed by atoms with Crippen LogP contribution < -0.4 is 10.6 Å². The van der Waals surface area contributed by atoms with Crippen LogP contribution in [-0.2, 0) is 4.79 Å². The van der Waals surface area contributed by atoms with Gasteiger partial charge in [-0.1, -0.05) is 20.3 Å². The minimum absolute atomic E-state index is 0.179. The van der Waals surface area contributed by atoms with E-state index in [1.54, 1.807) is 0 Å². The maximum atomic E-state index is 11.6. The molecule has 1 saturated heterocycles. The van der Waals surface area contributed by atoms with Crippen molar-refractivity contribution in [2.45, 2.75) is 38.6 Å². The molecule has 3 heteroatoms. The summed E-state index contributed by atoms with van der Waals surface area (Å²) in [6, 6.07) is 0. The first-order valence-electron chi connectivity index (χ1n) is 4.78. The van der Waals surface area contributed by atoms with E-state index in [1.807, 2.05) is 0 Å². The van der Waals surface area contributed by atoms with Crippen LogP contribution in [0.15, 0.2) is 0 Å². The van der Waals surface area contributed by atoms with Crippen molar-refractivity contribution in [3.63, 3.8) is 0 Å². The lowest BCUT2D eigenvalue weighted by Crippen LogP contribution is -2.62. The Morgan fingerprint density at radius 2 is 2.17 bits per heavy atom. The molecule has 1 unspecified atom stereocenters. The summed E-state index contributed by atoms with van der Waals surface area (Å²) in [5.74, 6) is 0.179. The lowest BCUT2D eigenvalue weighted by Gasteiger charge is -2.36. The highest BCUT2D eigenvalue weighted by Crippen LogP contribution is 2.19. The quantitative estimate of drug-likeness (QED) is 0.653. The Kier molecular flexibility index (Phi) is 3.09. The molecule has 1 atom stereocenters. The van der Waals surface area contributed by atoms with E-state index in [9.17, 15) is 4.79 Å². The third kappa shape index (κ3) is 1.61. The van der Waals surface area contributed by atoms with Gasteiger partial charge in [-0.15, -0.1) is 0 Å². The molecule has 0 radical (unpaired) electrons. The highest BCUT2D eigenvalue weighted by atomic mass is 16.2. The van der Waals surface area contributed by atoms with Crippen molar-refractivity contribution in [1.82, 2.24) is 10.6 Å². The SMILES string of the molecule is CCCC1(CC)NCCNC1=O. The van der Waals surface area contributed by atoms with Gasteiger partial charge in [0.05, 0.1) is 5.54 Å². The molecule has 1 rings (SSSR count). The number of piperazine rings is 1. The summed E-state index contributed by atoms with van der Waals surface area (Å²) in [6.45, 7) is 5.85. The van der Waals surface area contributed by atoms with Crippen LogP contribution in [0.3, 0.4) is 0 Å². The second-order valence-electron chi connectivity index (χ2n) is 3.37. The Hall–Kier alpha value is -0.570. The summed E-state index contributed by atoms with van der Waals surface area (Å²) in [7, 11) is 0. The van der Waals surface area contributed by atoms with E-state index in [-0.39, 0.29) is 11.4 Å². The van der Waals surface area contributed by atoms with Crippen LogP contribution in [0.2, 0.25) is 0 Å². The lowest BCUT2D eigenvalue weighted by atomic mass is 9.88. The van der Waals surface area contributed by atoms with Gasteiger partial charge in [-0.3, -0.25) is 4.79 Å². The molecule has 12 heavy (non-hydrogen) atoms. The van der Waals surface area contributed by atoms with Gasteiger partial charge in [0.15, 0.2) is 0 Å². The third-order valence-electron chi connectivity index (χ3n) is 2.59. The number of carbonyl (C=O) groups is 1. The highest BCUT2D eigenvalue weighted by molar-refractivity contribution is 5.86. The van der Waals surface area contributed by atoms with Crippen LogP contribution in [0.4, 0.5) is 0 Å². The zero-order valence-corrected chi connectivity index (χ0v) is 7.94. The highest BCUT2D eigenvalue weighted by Gasteiger charge is 2.36. The van der Waals surface area contributed by atoms with Crippen LogP contribution >= 0.6 is 0 Å². The Balaban J connectivity index is 2.66. The van der Waals surface area contributed by atoms with Crippen LogP contribution in [0.25, 0.3) is 0 Å². The summed E-state index contributed by atoms with van der Waals surface area (Å²) in [5.41, 5.74) is -0.271. The summed E-state index contributed by atoms with van der Waals surface area (Å²) in [4.78, 5) is 11.6. The molecule has 70 valence electrons. The molecule has 0 spiro atoms. The molecular formula is C9H18N2O. The van der Waals surface area contributed by atoms with Crippen LogP contribution in [0.1, 0.15) is 33.1 Å². The molecule has 1 aliphatic rings. The second-order valence-corrected chi connectivity index (χ2v) is 3.37. The molecule has 0 aromatic carbocycles. The van der Waals surface area contributed by atoms with E-state index in [2.05, 4.69) is 24.5 Å². The van der Waals surface area contributed by atoms with Crippen molar-refractivity contribution in [3.05, 3.63) is 0 Å². The van der Waals surface area contributed by atoms with Gasteiger partial charge in [0.1, 0.15) is 0 Å². The molecule has 0 bridgehead atoms. The average molecular weight is 170 g/mol. The number of rotatable bonds is 3. The van der Waals surface area contributed by atoms with E-state index >= 15 is 0 Å². The van der Waals surface area contributed by atoms with Crippen LogP contribution in [0, 0.1) is 0 Å². The van der Waals surface area contributed by atoms with Crippen molar-refractivity contribution in [3.8, 4) is 0 Å². The van der Waals surface area contributed by atoms with Crippen molar-refractivity contribution >= 4 is 5.91 Å². The van der Waals surface area contributed by atoms with Gasteiger partial charge in [-0.25, -0.2) is 0 Å². The molecule has 1 aliphatic heterocycles. The summed E-state index contributed by atoms with van der Waals surface area (Å²) in [5, 5.41) is 6.23. The molecule has 0 saturated carbocycles. The fourth-order valence-electron chi connectivity index (χ4n) is 1.82. The molecule has 0 aromatic rings. The molecule has 0 aliphatic carbocycles. The Bertz CT molecular complexity index is 166. The van der Waals surface area contributed by atoms with E-state index in [0.29, 0.717) is 0 Å². The van der Waals surface area contributed by atoms with Crippen molar-refractivity contribution in [1.29, 1.82) is 0 Å². The largest absolute Gasteiger partial charge is 0.353 e. The zero-order valence-electron chi connectivity index (χ0n) is 7.94. The van der Waals surface area contributed by atoms with Gasteiger partial charge in [0.2, 0.25) is 5.91 Å². The minimum atomic E-state index is -0.271. The number of hydrogen-bond acceptors (Lipinski definition) is 2. The normalized spacial score (nSPS) is 30.0. The molecule has 1 amide bonds. The van der Waals surface area contributed by atoms with Gasteiger partial charge in [0, 0.05) is 13.1 Å². The van der Waals surface area contributed by atoms with E-state index < -0.39 is 0 Å². The van der Waals surface area contributed by atoms with Gasteiger partial charge < -0.3 is 10.6 Å². The topological polar surface area (TPSA) is 41.1 Å². The maximum absolute atomic E-state index is 11.6. The van der Waals surface area contributed by atoms with Gasteiger partial charge in [0.25, 0.3) is 0 Å². The fraction of sp³-hybridized carbons (Fsp3) is 0.889. The summed E-state index contributed by atoms with van der Waals surface area (Å²) in [6.07, 6.45) is 2.87. The van der Waals surface area contributed by atoms with E-state index in [0.717, 1.165) is 32.4 Å². The Labute approximate surface area is 73.9 Å². The maximum Gasteiger partial charge on any atom is 0.240 e. The minimum Gasteiger partial charge on any atom is -0.353 e. The zero-order chi connectivity index (χ0) is 9.03. The monoisotopic (exact) mass is 170 g/mol. The predicted octanol–water partition coefficient (Wildman–Crippen LogP) is 0.655. The van der Waals surface area contributed by atoms with Gasteiger partial charge in [-0.2, -0.15) is 0 Å². The predicted molar refractivity (Wildman–Crippen MR) is 48.9 cm³/mol. The Morgan fingerprint density at radius 1 is 1.42 bits per heavy atom. The van der Waals surface area contributed by atoms with Crippen molar-refractivity contribution < 1.29 is 4.79 Å². The first-order valence-corrected chi connectivity index (χ1v) is 4.78. The molecule has 1 fully saturated rings. The summed E-state index contributed by atoms with van der Waals surface area (Å²) < 4.78 is 0. The first-order chi connectivity index (χ1) is 5.75. The number of carbonyl (C=O) groups excluding carboxylic acids is 1. The van der Waals surface area contributed by atoms with Crippen molar-refractivity contribution in [2.75, 3.05) is 13.1 Å². The van der Waals surface area contributed by atoms with Gasteiger partial charge in [-0.05, 0) is 12.8 Å². The standard InChI is InChI=1S/C9H18N2O/c1-3-5-9(4-2)8(12)10-6-7-11-9/h11H,3-7H2,1-2H3,(H,10,12). The summed E-state index contributed by atoms with van der Waals surface area (Å²) >= 11 is 0. The number of nitrogens with one attached hydrogen (secondary N) is 2. The molecular weight excluding hydrogens is 152 g/mol. The Morgan fingerprint density at radius 3 is 2.67 bits per heavy atom. The van der Waals surface area contributed by atoms with E-state index in [4.69, 9.17) is 0 Å². The number of hydrogen-bond donors (Lipinski definition) is 2. The lowest BCUT2D eigenvalue weighted by molar-refractivity contribution is -0.129. The second kappa shape index (κ2) is 3.90. The fourth-order valence-corrected chi connectivity index (χ4v) is 1.82. The first kappa shape index (κ1) is 9.52. The number of amides is 1. The van der Waals surface area contributed by atoms with Crippen molar-refractivity contribution in [2.24, 2.45) is 0 Å². The molecule has 0 aromatic heterocycles. The van der Waals surface area contributed by atoms with Crippen LogP contribution in [0.5, 0.6) is 0 Å². The molecule has 1 heterocycles. The molecule has 3 nitrogen and oxygen atoms in total. The molecule has 2 N–H and O–H groups in total. The smallest absolute Gasteiger partial charge is 0.240 e.